The molecule has 0 aromatic heterocycles. The lowest BCUT2D eigenvalue weighted by Crippen LogP contribution is -2.71. The van der Waals surface area contributed by atoms with Gasteiger partial charge < -0.3 is 4.90 Å². The molecule has 1 N–H and O–H groups in total. The predicted octanol–water partition coefficient (Wildman–Crippen LogP) is 5.14. The minimum atomic E-state index is -0.722. The molecule has 1 amide bonds. The number of nitrogens with one attached hydrogen (secondary N) is 1. The average molecular weight is 468 g/mol. The zero-order valence-corrected chi connectivity index (χ0v) is 20.8. The molecule has 3 unspecified atom stereocenters. The Balaban J connectivity index is 1.72. The van der Waals surface area contributed by atoms with Gasteiger partial charge in [-0.25, -0.2) is 0 Å². The van der Waals surface area contributed by atoms with Crippen molar-refractivity contribution in [2.24, 2.45) is 0 Å². The van der Waals surface area contributed by atoms with E-state index in [-0.39, 0.29) is 16.0 Å². The number of nitriles is 1. The minimum Gasteiger partial charge on any atom is -0.310 e. The SMILES string of the molecule is Cc1ccccc1C(NC1C(=O)N2C1SC(C)(C)C2C#N)(c1ccccc1)c1ccccc1C. The van der Waals surface area contributed by atoms with Crippen LogP contribution in [0.2, 0.25) is 0 Å². The van der Waals surface area contributed by atoms with Crippen LogP contribution in [0.1, 0.15) is 41.7 Å². The summed E-state index contributed by atoms with van der Waals surface area (Å²) in [6.07, 6.45) is 0. The molecular weight excluding hydrogens is 438 g/mol. The number of fused-ring (bicyclic) bond motifs is 1. The Morgan fingerprint density at radius 3 is 1.97 bits per heavy atom. The standard InChI is InChI=1S/C29H29N3OS/c1-19-12-8-10-16-22(19)29(21-14-6-5-7-15-21,23-17-11-9-13-20(23)2)31-25-26(33)32-24(18-30)28(3,4)34-27(25)32/h5-17,24-25,27,31H,1-4H3. The van der Waals surface area contributed by atoms with Crippen molar-refractivity contribution >= 4 is 17.7 Å². The van der Waals surface area contributed by atoms with E-state index in [1.807, 2.05) is 6.07 Å². The van der Waals surface area contributed by atoms with Gasteiger partial charge in [0.05, 0.1) is 11.6 Å². The summed E-state index contributed by atoms with van der Waals surface area (Å²) in [4.78, 5) is 15.3. The lowest BCUT2D eigenvalue weighted by atomic mass is 9.73. The molecule has 0 bridgehead atoms. The third-order valence-corrected chi connectivity index (χ3v) is 8.81. The van der Waals surface area contributed by atoms with Crippen molar-refractivity contribution < 1.29 is 4.79 Å². The number of thioether (sulfide) groups is 1. The highest BCUT2D eigenvalue weighted by Gasteiger charge is 2.63. The van der Waals surface area contributed by atoms with Crippen molar-refractivity contribution in [2.45, 2.75) is 55.4 Å². The summed E-state index contributed by atoms with van der Waals surface area (Å²) in [5.41, 5.74) is 4.92. The number of hydrogen-bond acceptors (Lipinski definition) is 4. The molecule has 0 aliphatic carbocycles. The summed E-state index contributed by atoms with van der Waals surface area (Å²) in [5.74, 6) is -0.00269. The van der Waals surface area contributed by atoms with Crippen molar-refractivity contribution in [3.8, 4) is 6.07 Å². The summed E-state index contributed by atoms with van der Waals surface area (Å²) in [5, 5.41) is 13.6. The molecule has 172 valence electrons. The van der Waals surface area contributed by atoms with E-state index in [2.05, 4.69) is 112 Å². The lowest BCUT2D eigenvalue weighted by Gasteiger charge is -2.49. The van der Waals surface area contributed by atoms with Crippen molar-refractivity contribution in [1.82, 2.24) is 10.2 Å². The molecule has 0 spiro atoms. The molecule has 0 radical (unpaired) electrons. The smallest absolute Gasteiger partial charge is 0.244 e. The van der Waals surface area contributed by atoms with Crippen molar-refractivity contribution in [1.29, 1.82) is 5.26 Å². The van der Waals surface area contributed by atoms with Crippen molar-refractivity contribution in [3.05, 3.63) is 107 Å². The van der Waals surface area contributed by atoms with Crippen molar-refractivity contribution in [2.75, 3.05) is 0 Å². The third-order valence-electron chi connectivity index (χ3n) is 7.24. The summed E-state index contributed by atoms with van der Waals surface area (Å²) < 4.78 is -0.313. The van der Waals surface area contributed by atoms with Gasteiger partial charge in [0.2, 0.25) is 5.91 Å². The van der Waals surface area contributed by atoms with Gasteiger partial charge in [0.1, 0.15) is 17.5 Å². The molecule has 4 nitrogen and oxygen atoms in total. The largest absolute Gasteiger partial charge is 0.310 e. The maximum atomic E-state index is 13.5. The summed E-state index contributed by atoms with van der Waals surface area (Å²) in [6.45, 7) is 8.37. The van der Waals surface area contributed by atoms with Gasteiger partial charge in [-0.1, -0.05) is 78.9 Å². The van der Waals surface area contributed by atoms with Crippen LogP contribution in [0.4, 0.5) is 0 Å². The first kappa shape index (κ1) is 22.7. The second-order valence-corrected chi connectivity index (χ2v) is 11.5. The summed E-state index contributed by atoms with van der Waals surface area (Å²) in [6, 6.07) is 28.7. The highest BCUT2D eigenvalue weighted by molar-refractivity contribution is 8.01. The van der Waals surface area contributed by atoms with Crippen LogP contribution in [0, 0.1) is 25.2 Å². The molecule has 2 aliphatic heterocycles. The normalized spacial score (nSPS) is 23.2. The molecule has 3 atom stereocenters. The first-order chi connectivity index (χ1) is 16.3. The number of hydrogen-bond donors (Lipinski definition) is 1. The maximum Gasteiger partial charge on any atom is 0.244 e. The Labute approximate surface area is 206 Å². The number of rotatable bonds is 5. The van der Waals surface area contributed by atoms with Gasteiger partial charge in [0, 0.05) is 4.75 Å². The Morgan fingerprint density at radius 1 is 0.912 bits per heavy atom. The van der Waals surface area contributed by atoms with E-state index in [9.17, 15) is 10.1 Å². The molecule has 3 aromatic rings. The Morgan fingerprint density at radius 2 is 1.44 bits per heavy atom. The molecule has 0 saturated carbocycles. The van der Waals surface area contributed by atoms with E-state index in [1.54, 1.807) is 16.7 Å². The number of benzene rings is 3. The molecule has 2 aliphatic rings. The highest BCUT2D eigenvalue weighted by atomic mass is 32.2. The molecule has 34 heavy (non-hydrogen) atoms. The van der Waals surface area contributed by atoms with E-state index in [0.717, 1.165) is 27.8 Å². The quantitative estimate of drug-likeness (QED) is 0.417. The van der Waals surface area contributed by atoms with Gasteiger partial charge in [-0.2, -0.15) is 5.26 Å². The minimum absolute atomic E-state index is 0.00269. The Kier molecular flexibility index (Phi) is 5.55. The van der Waals surface area contributed by atoms with E-state index in [0.29, 0.717) is 0 Å². The molecule has 5 rings (SSSR count). The van der Waals surface area contributed by atoms with Gasteiger partial charge >= 0.3 is 0 Å². The number of nitrogens with zero attached hydrogens (tertiary/aromatic N) is 2. The van der Waals surface area contributed by atoms with E-state index in [1.165, 1.54) is 0 Å². The van der Waals surface area contributed by atoms with Crippen LogP contribution < -0.4 is 5.32 Å². The summed E-state index contributed by atoms with van der Waals surface area (Å²) >= 11 is 1.72. The Bertz CT molecular complexity index is 1230. The second-order valence-electron chi connectivity index (χ2n) is 9.76. The molecule has 2 fully saturated rings. The van der Waals surface area contributed by atoms with Crippen molar-refractivity contribution in [3.63, 3.8) is 0 Å². The first-order valence-electron chi connectivity index (χ1n) is 11.7. The van der Waals surface area contributed by atoms with Crippen LogP contribution in [-0.2, 0) is 10.3 Å². The fourth-order valence-electron chi connectivity index (χ4n) is 5.55. The maximum absolute atomic E-state index is 13.5. The fraction of sp³-hybridized carbons (Fsp3) is 0.310. The van der Waals surface area contributed by atoms with Gasteiger partial charge in [0.15, 0.2) is 0 Å². The topological polar surface area (TPSA) is 56.1 Å². The monoisotopic (exact) mass is 467 g/mol. The van der Waals surface area contributed by atoms with Gasteiger partial charge in [0.25, 0.3) is 0 Å². The lowest BCUT2D eigenvalue weighted by molar-refractivity contribution is -0.148. The fourth-order valence-corrected chi connectivity index (χ4v) is 7.13. The van der Waals surface area contributed by atoms with Crippen LogP contribution in [-0.4, -0.2) is 33.0 Å². The van der Waals surface area contributed by atoms with Crippen LogP contribution in [0.15, 0.2) is 78.9 Å². The van der Waals surface area contributed by atoms with Gasteiger partial charge in [-0.3, -0.25) is 10.1 Å². The third kappa shape index (κ3) is 3.28. The van der Waals surface area contributed by atoms with Gasteiger partial charge in [-0.05, 0) is 55.5 Å². The molecule has 2 heterocycles. The van der Waals surface area contributed by atoms with Crippen LogP contribution in [0.25, 0.3) is 0 Å². The van der Waals surface area contributed by atoms with E-state index < -0.39 is 17.6 Å². The zero-order valence-electron chi connectivity index (χ0n) is 19.9. The molecular formula is C29H29N3OS. The highest BCUT2D eigenvalue weighted by Crippen LogP contribution is 2.52. The van der Waals surface area contributed by atoms with Crippen LogP contribution >= 0.6 is 11.8 Å². The average Bonchev–Trinajstić information content (AvgIpc) is 3.08. The number of carbonyl (C=O) groups is 1. The molecule has 3 aromatic carbocycles. The number of β-lactam (4-membered cyclic amide) rings is 1. The Hall–Kier alpha value is -3.07. The van der Waals surface area contributed by atoms with Gasteiger partial charge in [-0.15, -0.1) is 11.8 Å². The van der Waals surface area contributed by atoms with E-state index in [4.69, 9.17) is 0 Å². The molecule has 2 saturated heterocycles. The van der Waals surface area contributed by atoms with E-state index >= 15 is 0 Å². The number of carbonyl (C=O) groups excluding carboxylic acids is 1. The zero-order chi connectivity index (χ0) is 24.1. The first-order valence-corrected chi connectivity index (χ1v) is 12.5. The molecule has 5 heteroatoms. The van der Waals surface area contributed by atoms with Crippen LogP contribution in [0.5, 0.6) is 0 Å². The second kappa shape index (κ2) is 8.30. The number of aryl methyl sites for hydroxylation is 2. The van der Waals surface area contributed by atoms with Crippen LogP contribution in [0.3, 0.4) is 0 Å². The number of amides is 1. The predicted molar refractivity (Wildman–Crippen MR) is 137 cm³/mol. The summed E-state index contributed by atoms with van der Waals surface area (Å²) in [7, 11) is 0.